The molecule has 1 aromatic carbocycles. The molecule has 0 bridgehead atoms. The first-order valence-corrected chi connectivity index (χ1v) is 9.90. The fourth-order valence-corrected chi connectivity index (χ4v) is 3.96. The Morgan fingerprint density at radius 2 is 1.74 bits per heavy atom. The number of hydrogen-bond acceptors (Lipinski definition) is 5. The minimum Gasteiger partial charge on any atom is -0.368 e. The molecule has 1 saturated carbocycles. The molecule has 0 radical (unpaired) electrons. The van der Waals surface area contributed by atoms with Crippen LogP contribution in [-0.4, -0.2) is 53.0 Å². The number of benzene rings is 1. The van der Waals surface area contributed by atoms with Crippen molar-refractivity contribution in [3.8, 4) is 0 Å². The van der Waals surface area contributed by atoms with Crippen LogP contribution in [0.2, 0.25) is 0 Å². The number of nitrogens with zero attached hydrogens (tertiary/aromatic N) is 4. The van der Waals surface area contributed by atoms with Crippen LogP contribution in [0.1, 0.15) is 41.9 Å². The van der Waals surface area contributed by atoms with Crippen LogP contribution in [-0.2, 0) is 0 Å². The molecule has 27 heavy (non-hydrogen) atoms. The fraction of sp³-hybridized carbons (Fsp3) is 0.476. The fourth-order valence-electron chi connectivity index (χ4n) is 3.96. The van der Waals surface area contributed by atoms with Gasteiger partial charge in [0, 0.05) is 43.6 Å². The number of nitrogens with one attached hydrogen (secondary N) is 1. The number of aromatic nitrogens is 2. The van der Waals surface area contributed by atoms with Gasteiger partial charge in [0.15, 0.2) is 0 Å². The van der Waals surface area contributed by atoms with Crippen molar-refractivity contribution in [1.82, 2.24) is 14.9 Å². The molecule has 2 fully saturated rings. The first kappa shape index (κ1) is 17.8. The summed E-state index contributed by atoms with van der Waals surface area (Å²) in [5, 5.41) is 3.41. The van der Waals surface area contributed by atoms with Gasteiger partial charge in [-0.3, -0.25) is 4.79 Å². The van der Waals surface area contributed by atoms with Gasteiger partial charge in [0.25, 0.3) is 5.91 Å². The molecule has 1 aliphatic carbocycles. The maximum Gasteiger partial charge on any atom is 0.272 e. The molecule has 2 aliphatic rings. The highest BCUT2D eigenvalue weighted by Crippen LogP contribution is 2.21. The third-order valence-corrected chi connectivity index (χ3v) is 5.45. The standard InChI is InChI=1S/C21H27N5O/c1-16-15-19(24-21(22-16)23-17-7-5-6-8-17)20(27)26-13-11-25(12-14-26)18-9-3-2-4-10-18/h2-4,9-10,15,17H,5-8,11-14H2,1H3,(H,22,23,24). The van der Waals surface area contributed by atoms with Crippen LogP contribution < -0.4 is 10.2 Å². The Morgan fingerprint density at radius 1 is 1.04 bits per heavy atom. The highest BCUT2D eigenvalue weighted by atomic mass is 16.2. The summed E-state index contributed by atoms with van der Waals surface area (Å²) in [7, 11) is 0. The summed E-state index contributed by atoms with van der Waals surface area (Å²) in [5.41, 5.74) is 2.54. The highest BCUT2D eigenvalue weighted by molar-refractivity contribution is 5.92. The summed E-state index contributed by atoms with van der Waals surface area (Å²) in [6, 6.07) is 12.6. The summed E-state index contributed by atoms with van der Waals surface area (Å²) in [4.78, 5) is 26.2. The number of carbonyl (C=O) groups is 1. The van der Waals surface area contributed by atoms with Crippen molar-refractivity contribution in [2.45, 2.75) is 38.6 Å². The molecule has 1 saturated heterocycles. The predicted molar refractivity (Wildman–Crippen MR) is 107 cm³/mol. The van der Waals surface area contributed by atoms with Crippen LogP contribution in [0, 0.1) is 6.92 Å². The summed E-state index contributed by atoms with van der Waals surface area (Å²) in [6.45, 7) is 5.02. The van der Waals surface area contributed by atoms with Gasteiger partial charge in [-0.15, -0.1) is 0 Å². The first-order valence-electron chi connectivity index (χ1n) is 9.90. The molecule has 2 heterocycles. The highest BCUT2D eigenvalue weighted by Gasteiger charge is 2.24. The van der Waals surface area contributed by atoms with Gasteiger partial charge in [0.05, 0.1) is 0 Å². The van der Waals surface area contributed by atoms with E-state index in [0.717, 1.165) is 31.6 Å². The zero-order valence-corrected chi connectivity index (χ0v) is 15.9. The van der Waals surface area contributed by atoms with E-state index in [-0.39, 0.29) is 5.91 Å². The Morgan fingerprint density at radius 3 is 2.44 bits per heavy atom. The molecule has 1 aromatic heterocycles. The van der Waals surface area contributed by atoms with Crippen molar-refractivity contribution < 1.29 is 4.79 Å². The molecule has 142 valence electrons. The molecule has 0 unspecified atom stereocenters. The molecule has 4 rings (SSSR count). The van der Waals surface area contributed by atoms with Gasteiger partial charge in [0.2, 0.25) is 5.95 Å². The van der Waals surface area contributed by atoms with Gasteiger partial charge in [0.1, 0.15) is 5.69 Å². The minimum atomic E-state index is 0.00248. The normalized spacial score (nSPS) is 18.0. The third kappa shape index (κ3) is 4.21. The van der Waals surface area contributed by atoms with Crippen LogP contribution in [0.15, 0.2) is 36.4 Å². The lowest BCUT2D eigenvalue weighted by Gasteiger charge is -2.36. The Kier molecular flexibility index (Phi) is 5.23. The smallest absolute Gasteiger partial charge is 0.272 e. The van der Waals surface area contributed by atoms with Gasteiger partial charge in [-0.05, 0) is 38.0 Å². The van der Waals surface area contributed by atoms with Gasteiger partial charge in [-0.1, -0.05) is 31.0 Å². The summed E-state index contributed by atoms with van der Waals surface area (Å²) < 4.78 is 0. The van der Waals surface area contributed by atoms with E-state index in [1.54, 1.807) is 6.07 Å². The number of aryl methyl sites for hydroxylation is 1. The van der Waals surface area contributed by atoms with Crippen molar-refractivity contribution in [3.05, 3.63) is 47.8 Å². The van der Waals surface area contributed by atoms with Crippen LogP contribution in [0.4, 0.5) is 11.6 Å². The second-order valence-electron chi connectivity index (χ2n) is 7.46. The number of amides is 1. The topological polar surface area (TPSA) is 61.4 Å². The molecule has 6 nitrogen and oxygen atoms in total. The zero-order valence-electron chi connectivity index (χ0n) is 15.9. The van der Waals surface area contributed by atoms with E-state index in [4.69, 9.17) is 0 Å². The zero-order chi connectivity index (χ0) is 18.6. The predicted octanol–water partition coefficient (Wildman–Crippen LogP) is 3.10. The van der Waals surface area contributed by atoms with Crippen molar-refractivity contribution in [2.75, 3.05) is 36.4 Å². The Labute approximate surface area is 160 Å². The molecule has 0 atom stereocenters. The lowest BCUT2D eigenvalue weighted by molar-refractivity contribution is 0.0740. The number of rotatable bonds is 4. The SMILES string of the molecule is Cc1cc(C(=O)N2CCN(c3ccccc3)CC2)nc(NC2CCCC2)n1. The van der Waals surface area contributed by atoms with Gasteiger partial charge in [-0.25, -0.2) is 9.97 Å². The van der Waals surface area contributed by atoms with Crippen molar-refractivity contribution in [3.63, 3.8) is 0 Å². The third-order valence-electron chi connectivity index (χ3n) is 5.45. The van der Waals surface area contributed by atoms with Gasteiger partial charge in [-0.2, -0.15) is 0 Å². The lowest BCUT2D eigenvalue weighted by atomic mass is 10.2. The van der Waals surface area contributed by atoms with Crippen LogP contribution in [0.5, 0.6) is 0 Å². The lowest BCUT2D eigenvalue weighted by Crippen LogP contribution is -2.49. The maximum absolute atomic E-state index is 13.0. The number of anilines is 2. The molecule has 2 aromatic rings. The average molecular weight is 365 g/mol. The van der Waals surface area contributed by atoms with Crippen LogP contribution >= 0.6 is 0 Å². The largest absolute Gasteiger partial charge is 0.368 e. The molecule has 6 heteroatoms. The number of para-hydroxylation sites is 1. The Bertz CT molecular complexity index is 780. The number of piperazine rings is 1. The summed E-state index contributed by atoms with van der Waals surface area (Å²) in [6.07, 6.45) is 4.81. The van der Waals surface area contributed by atoms with E-state index in [0.29, 0.717) is 30.8 Å². The van der Waals surface area contributed by atoms with E-state index in [9.17, 15) is 4.79 Å². The van der Waals surface area contributed by atoms with Crippen molar-refractivity contribution in [1.29, 1.82) is 0 Å². The molecule has 1 aliphatic heterocycles. The molecular formula is C21H27N5O. The van der Waals surface area contributed by atoms with Crippen molar-refractivity contribution in [2.24, 2.45) is 0 Å². The average Bonchev–Trinajstić information content (AvgIpc) is 3.21. The molecule has 1 N–H and O–H groups in total. The van der Waals surface area contributed by atoms with E-state index in [1.165, 1.54) is 18.5 Å². The minimum absolute atomic E-state index is 0.00248. The Hall–Kier alpha value is -2.63. The number of carbonyl (C=O) groups excluding carboxylic acids is 1. The van der Waals surface area contributed by atoms with E-state index in [2.05, 4.69) is 44.5 Å². The monoisotopic (exact) mass is 365 g/mol. The van der Waals surface area contributed by atoms with Crippen LogP contribution in [0.3, 0.4) is 0 Å². The first-order chi connectivity index (χ1) is 13.2. The molecule has 0 spiro atoms. The van der Waals surface area contributed by atoms with Crippen molar-refractivity contribution >= 4 is 17.5 Å². The Balaban J connectivity index is 1.41. The van der Waals surface area contributed by atoms with Gasteiger partial charge < -0.3 is 15.1 Å². The van der Waals surface area contributed by atoms with Crippen LogP contribution in [0.25, 0.3) is 0 Å². The second-order valence-corrected chi connectivity index (χ2v) is 7.46. The van der Waals surface area contributed by atoms with E-state index in [1.807, 2.05) is 17.9 Å². The van der Waals surface area contributed by atoms with Gasteiger partial charge >= 0.3 is 0 Å². The molecule has 1 amide bonds. The second kappa shape index (κ2) is 7.94. The van der Waals surface area contributed by atoms with E-state index < -0.39 is 0 Å². The number of hydrogen-bond donors (Lipinski definition) is 1. The summed E-state index contributed by atoms with van der Waals surface area (Å²) >= 11 is 0. The maximum atomic E-state index is 13.0. The quantitative estimate of drug-likeness (QED) is 0.902. The molecular weight excluding hydrogens is 338 g/mol. The summed E-state index contributed by atoms with van der Waals surface area (Å²) in [5.74, 6) is 0.593. The van der Waals surface area contributed by atoms with E-state index >= 15 is 0 Å².